The van der Waals surface area contributed by atoms with Crippen LogP contribution in [0.3, 0.4) is 0 Å². The largest absolute Gasteiger partial charge is 0.354 e. The van der Waals surface area contributed by atoms with Crippen LogP contribution in [0.15, 0.2) is 36.4 Å². The number of rotatable bonds is 5. The van der Waals surface area contributed by atoms with E-state index in [9.17, 15) is 4.79 Å². The van der Waals surface area contributed by atoms with Crippen molar-refractivity contribution in [1.82, 2.24) is 14.9 Å². The number of nitrogens with zero attached hydrogens (tertiary/aromatic N) is 5. The highest BCUT2D eigenvalue weighted by molar-refractivity contribution is 5.96. The van der Waals surface area contributed by atoms with Crippen LogP contribution in [0, 0.1) is 6.92 Å². The fraction of sp³-hybridized carbons (Fsp3) is 0.500. The van der Waals surface area contributed by atoms with E-state index in [0.717, 1.165) is 49.2 Å². The Morgan fingerprint density at radius 2 is 1.68 bits per heavy atom. The second kappa shape index (κ2) is 8.69. The highest BCUT2D eigenvalue weighted by atomic mass is 16.2. The summed E-state index contributed by atoms with van der Waals surface area (Å²) in [4.78, 5) is 28.5. The molecule has 2 aromatic rings. The molecule has 150 valence electrons. The van der Waals surface area contributed by atoms with Gasteiger partial charge in [-0.3, -0.25) is 9.69 Å². The first kappa shape index (κ1) is 20.3. The van der Waals surface area contributed by atoms with Crippen molar-refractivity contribution in [2.75, 3.05) is 43.0 Å². The maximum absolute atomic E-state index is 12.9. The molecule has 6 heteroatoms. The molecule has 1 fully saturated rings. The van der Waals surface area contributed by atoms with Crippen LogP contribution in [0.1, 0.15) is 38.2 Å². The molecule has 1 aromatic heterocycles. The van der Waals surface area contributed by atoms with E-state index in [1.165, 1.54) is 0 Å². The van der Waals surface area contributed by atoms with Gasteiger partial charge in [0.25, 0.3) is 0 Å². The second-order valence-electron chi connectivity index (χ2n) is 7.81. The van der Waals surface area contributed by atoms with E-state index in [2.05, 4.69) is 34.7 Å². The Hall–Kier alpha value is -2.47. The lowest BCUT2D eigenvalue weighted by Gasteiger charge is -2.39. The number of benzene rings is 1. The molecule has 0 N–H and O–H groups in total. The molecule has 0 bridgehead atoms. The number of carbonyl (C=O) groups excluding carboxylic acids is 1. The summed E-state index contributed by atoms with van der Waals surface area (Å²) in [6, 6.07) is 11.7. The van der Waals surface area contributed by atoms with Crippen LogP contribution in [0.4, 0.5) is 11.5 Å². The Morgan fingerprint density at radius 3 is 2.29 bits per heavy atom. The number of para-hydroxylation sites is 1. The highest BCUT2D eigenvalue weighted by Crippen LogP contribution is 2.20. The SMILES string of the molecule is Cc1cc(N2CCN([C@H](C)C(=O)N(C)c3ccccc3)CC2)nc(C(C)C)n1. The predicted molar refractivity (Wildman–Crippen MR) is 114 cm³/mol. The van der Waals surface area contributed by atoms with Crippen molar-refractivity contribution < 1.29 is 4.79 Å². The van der Waals surface area contributed by atoms with Gasteiger partial charge in [0.05, 0.1) is 6.04 Å². The fourth-order valence-electron chi connectivity index (χ4n) is 3.55. The maximum Gasteiger partial charge on any atom is 0.243 e. The summed E-state index contributed by atoms with van der Waals surface area (Å²) in [7, 11) is 1.85. The normalized spacial score (nSPS) is 16.3. The average molecular weight is 382 g/mol. The van der Waals surface area contributed by atoms with Gasteiger partial charge in [0.1, 0.15) is 11.6 Å². The minimum Gasteiger partial charge on any atom is -0.354 e. The Kier molecular flexibility index (Phi) is 6.29. The molecule has 1 atom stereocenters. The van der Waals surface area contributed by atoms with Gasteiger partial charge in [0.15, 0.2) is 0 Å². The van der Waals surface area contributed by atoms with Crippen LogP contribution >= 0.6 is 0 Å². The third kappa shape index (κ3) is 4.50. The summed E-state index contributed by atoms with van der Waals surface area (Å²) in [6.07, 6.45) is 0. The summed E-state index contributed by atoms with van der Waals surface area (Å²) in [6.45, 7) is 11.7. The molecule has 0 radical (unpaired) electrons. The quantitative estimate of drug-likeness (QED) is 0.797. The number of hydrogen-bond donors (Lipinski definition) is 0. The van der Waals surface area contributed by atoms with E-state index in [-0.39, 0.29) is 11.9 Å². The monoisotopic (exact) mass is 381 g/mol. The summed E-state index contributed by atoms with van der Waals surface area (Å²) < 4.78 is 0. The van der Waals surface area contributed by atoms with Crippen LogP contribution in [0.5, 0.6) is 0 Å². The Morgan fingerprint density at radius 1 is 1.04 bits per heavy atom. The Bertz CT molecular complexity index is 800. The lowest BCUT2D eigenvalue weighted by atomic mass is 10.2. The third-order valence-corrected chi connectivity index (χ3v) is 5.39. The minimum absolute atomic E-state index is 0.125. The first-order valence-corrected chi connectivity index (χ1v) is 10.0. The third-order valence-electron chi connectivity index (χ3n) is 5.39. The number of hydrogen-bond acceptors (Lipinski definition) is 5. The molecular formula is C22H31N5O. The number of carbonyl (C=O) groups is 1. The summed E-state index contributed by atoms with van der Waals surface area (Å²) >= 11 is 0. The van der Waals surface area contributed by atoms with E-state index >= 15 is 0 Å². The molecule has 0 spiro atoms. The molecule has 1 aromatic carbocycles. The Balaban J connectivity index is 1.63. The molecule has 1 saturated heterocycles. The molecule has 0 aliphatic carbocycles. The molecule has 1 amide bonds. The van der Waals surface area contributed by atoms with Crippen molar-refractivity contribution in [3.8, 4) is 0 Å². The zero-order valence-corrected chi connectivity index (χ0v) is 17.6. The Labute approximate surface area is 168 Å². The van der Waals surface area contributed by atoms with Crippen LogP contribution in [0.25, 0.3) is 0 Å². The topological polar surface area (TPSA) is 52.6 Å². The van der Waals surface area contributed by atoms with E-state index in [0.29, 0.717) is 5.92 Å². The number of piperazine rings is 1. The standard InChI is InChI=1S/C22H31N5O/c1-16(2)21-23-17(3)15-20(24-21)27-13-11-26(12-14-27)18(4)22(28)25(5)19-9-7-6-8-10-19/h6-10,15-16,18H,11-14H2,1-5H3/t18-/m1/s1. The van der Waals surface area contributed by atoms with Crippen molar-refractivity contribution in [1.29, 1.82) is 0 Å². The van der Waals surface area contributed by atoms with Crippen LogP contribution in [-0.2, 0) is 4.79 Å². The van der Waals surface area contributed by atoms with Crippen LogP contribution in [-0.4, -0.2) is 60.0 Å². The van der Waals surface area contributed by atoms with Crippen LogP contribution < -0.4 is 9.80 Å². The number of likely N-dealkylation sites (N-methyl/N-ethyl adjacent to an activating group) is 1. The maximum atomic E-state index is 12.9. The van der Waals surface area contributed by atoms with E-state index in [1.807, 2.05) is 51.2 Å². The van der Waals surface area contributed by atoms with E-state index < -0.39 is 0 Å². The van der Waals surface area contributed by atoms with Crippen molar-refractivity contribution in [3.63, 3.8) is 0 Å². The van der Waals surface area contributed by atoms with Gasteiger partial charge < -0.3 is 9.80 Å². The first-order chi connectivity index (χ1) is 13.4. The number of amides is 1. The van der Waals surface area contributed by atoms with Crippen molar-refractivity contribution in [2.45, 2.75) is 39.7 Å². The van der Waals surface area contributed by atoms with Crippen molar-refractivity contribution in [3.05, 3.63) is 47.9 Å². The van der Waals surface area contributed by atoms with Crippen molar-refractivity contribution in [2.24, 2.45) is 0 Å². The summed E-state index contributed by atoms with van der Waals surface area (Å²) in [5.41, 5.74) is 1.93. The van der Waals surface area contributed by atoms with Gasteiger partial charge >= 0.3 is 0 Å². The van der Waals surface area contributed by atoms with Gasteiger partial charge in [-0.2, -0.15) is 0 Å². The molecule has 2 heterocycles. The molecule has 3 rings (SSSR count). The number of anilines is 2. The second-order valence-corrected chi connectivity index (χ2v) is 7.81. The molecule has 0 saturated carbocycles. The lowest BCUT2D eigenvalue weighted by molar-refractivity contribution is -0.123. The zero-order chi connectivity index (χ0) is 20.3. The fourth-order valence-corrected chi connectivity index (χ4v) is 3.55. The average Bonchev–Trinajstić information content (AvgIpc) is 2.72. The van der Waals surface area contributed by atoms with Gasteiger partial charge in [-0.1, -0.05) is 32.0 Å². The molecular weight excluding hydrogens is 350 g/mol. The van der Waals surface area contributed by atoms with Crippen LogP contribution in [0.2, 0.25) is 0 Å². The van der Waals surface area contributed by atoms with Gasteiger partial charge in [0, 0.05) is 56.6 Å². The van der Waals surface area contributed by atoms with Gasteiger partial charge in [0.2, 0.25) is 5.91 Å². The smallest absolute Gasteiger partial charge is 0.243 e. The molecule has 1 aliphatic rings. The first-order valence-electron chi connectivity index (χ1n) is 10.0. The van der Waals surface area contributed by atoms with E-state index in [1.54, 1.807) is 4.90 Å². The zero-order valence-electron chi connectivity index (χ0n) is 17.6. The predicted octanol–water partition coefficient (Wildman–Crippen LogP) is 3.08. The number of aromatic nitrogens is 2. The molecule has 0 unspecified atom stereocenters. The van der Waals surface area contributed by atoms with Crippen molar-refractivity contribution >= 4 is 17.4 Å². The van der Waals surface area contributed by atoms with Gasteiger partial charge in [-0.05, 0) is 26.0 Å². The minimum atomic E-state index is -0.147. The molecule has 6 nitrogen and oxygen atoms in total. The van der Waals surface area contributed by atoms with Gasteiger partial charge in [-0.25, -0.2) is 9.97 Å². The summed E-state index contributed by atoms with van der Waals surface area (Å²) in [5, 5.41) is 0. The summed E-state index contributed by atoms with van der Waals surface area (Å²) in [5.74, 6) is 2.33. The van der Waals surface area contributed by atoms with E-state index in [4.69, 9.17) is 4.98 Å². The van der Waals surface area contributed by atoms with Gasteiger partial charge in [-0.15, -0.1) is 0 Å². The lowest BCUT2D eigenvalue weighted by Crippen LogP contribution is -2.54. The highest BCUT2D eigenvalue weighted by Gasteiger charge is 2.28. The molecule has 28 heavy (non-hydrogen) atoms. The molecule has 1 aliphatic heterocycles. The number of aryl methyl sites for hydroxylation is 1.